The van der Waals surface area contributed by atoms with Crippen LogP contribution in [0.4, 0.5) is 0 Å². The average Bonchev–Trinajstić information content (AvgIpc) is 3.12. The van der Waals surface area contributed by atoms with E-state index in [4.69, 9.17) is 14.2 Å². The van der Waals surface area contributed by atoms with Gasteiger partial charge in [-0.2, -0.15) is 0 Å². The number of ether oxygens (including phenoxy) is 3. The van der Waals surface area contributed by atoms with Crippen LogP contribution in [0.25, 0.3) is 0 Å². The second-order valence-corrected chi connectivity index (χ2v) is 16.2. The molecule has 0 amide bonds. The van der Waals surface area contributed by atoms with Gasteiger partial charge in [0, 0.05) is 19.3 Å². The molecule has 6 heteroatoms. The van der Waals surface area contributed by atoms with Gasteiger partial charge in [0.15, 0.2) is 6.10 Å². The van der Waals surface area contributed by atoms with Crippen molar-refractivity contribution in [2.24, 2.45) is 5.92 Å². The molecule has 0 N–H and O–H groups in total. The van der Waals surface area contributed by atoms with Crippen LogP contribution in [-0.4, -0.2) is 37.2 Å². The molecule has 0 saturated carbocycles. The molecule has 308 valence electrons. The van der Waals surface area contributed by atoms with Crippen molar-refractivity contribution in [2.75, 3.05) is 13.2 Å². The first-order valence-electron chi connectivity index (χ1n) is 22.9. The summed E-state index contributed by atoms with van der Waals surface area (Å²) in [6.45, 7) is 8.92. The van der Waals surface area contributed by atoms with E-state index in [9.17, 15) is 14.4 Å². The summed E-state index contributed by atoms with van der Waals surface area (Å²) in [6, 6.07) is 0. The predicted molar refractivity (Wildman–Crippen MR) is 220 cm³/mol. The lowest BCUT2D eigenvalue weighted by atomic mass is 10.0. The molecular formula is C46H88O6. The lowest BCUT2D eigenvalue weighted by molar-refractivity contribution is -0.167. The molecule has 0 aliphatic heterocycles. The Morgan fingerprint density at radius 1 is 0.365 bits per heavy atom. The normalized spacial score (nSPS) is 11.9. The van der Waals surface area contributed by atoms with Crippen molar-refractivity contribution in [1.82, 2.24) is 0 Å². The Morgan fingerprint density at radius 2 is 0.635 bits per heavy atom. The largest absolute Gasteiger partial charge is 0.462 e. The van der Waals surface area contributed by atoms with Gasteiger partial charge in [0.25, 0.3) is 0 Å². The first kappa shape index (κ1) is 50.4. The first-order valence-corrected chi connectivity index (χ1v) is 22.9. The smallest absolute Gasteiger partial charge is 0.306 e. The second kappa shape index (κ2) is 40.6. The van der Waals surface area contributed by atoms with Crippen molar-refractivity contribution in [3.8, 4) is 0 Å². The molecule has 0 heterocycles. The molecule has 0 spiro atoms. The molecule has 0 aromatic heterocycles. The average molecular weight is 737 g/mol. The van der Waals surface area contributed by atoms with Crippen molar-refractivity contribution in [2.45, 2.75) is 259 Å². The summed E-state index contributed by atoms with van der Waals surface area (Å²) in [4.78, 5) is 37.6. The monoisotopic (exact) mass is 737 g/mol. The van der Waals surface area contributed by atoms with E-state index >= 15 is 0 Å². The molecule has 0 aliphatic carbocycles. The Hall–Kier alpha value is -1.59. The van der Waals surface area contributed by atoms with E-state index in [1.54, 1.807) is 0 Å². The van der Waals surface area contributed by atoms with Crippen molar-refractivity contribution < 1.29 is 28.6 Å². The van der Waals surface area contributed by atoms with Crippen molar-refractivity contribution in [3.05, 3.63) is 0 Å². The van der Waals surface area contributed by atoms with Gasteiger partial charge < -0.3 is 14.2 Å². The van der Waals surface area contributed by atoms with Crippen LogP contribution in [-0.2, 0) is 28.6 Å². The lowest BCUT2D eigenvalue weighted by Gasteiger charge is -2.18. The van der Waals surface area contributed by atoms with Gasteiger partial charge in [0.1, 0.15) is 13.2 Å². The van der Waals surface area contributed by atoms with Gasteiger partial charge in [-0.3, -0.25) is 14.4 Å². The predicted octanol–water partition coefficient (Wildman–Crippen LogP) is 14.3. The van der Waals surface area contributed by atoms with Crippen LogP contribution in [0.5, 0.6) is 0 Å². The maximum atomic E-state index is 12.7. The van der Waals surface area contributed by atoms with E-state index in [1.165, 1.54) is 148 Å². The summed E-state index contributed by atoms with van der Waals surface area (Å²) in [7, 11) is 0. The number of hydrogen-bond acceptors (Lipinski definition) is 6. The highest BCUT2D eigenvalue weighted by molar-refractivity contribution is 5.71. The third-order valence-corrected chi connectivity index (χ3v) is 10.3. The topological polar surface area (TPSA) is 78.9 Å². The van der Waals surface area contributed by atoms with Crippen LogP contribution < -0.4 is 0 Å². The maximum Gasteiger partial charge on any atom is 0.306 e. The fraction of sp³-hybridized carbons (Fsp3) is 0.935. The highest BCUT2D eigenvalue weighted by Crippen LogP contribution is 2.16. The third-order valence-electron chi connectivity index (χ3n) is 10.3. The minimum absolute atomic E-state index is 0.0644. The van der Waals surface area contributed by atoms with Gasteiger partial charge in [-0.1, -0.05) is 214 Å². The first-order chi connectivity index (χ1) is 25.4. The fourth-order valence-electron chi connectivity index (χ4n) is 6.80. The van der Waals surface area contributed by atoms with Crippen LogP contribution in [0.1, 0.15) is 252 Å². The van der Waals surface area contributed by atoms with E-state index in [2.05, 4.69) is 27.7 Å². The molecule has 0 rings (SSSR count). The van der Waals surface area contributed by atoms with Gasteiger partial charge in [-0.25, -0.2) is 0 Å². The van der Waals surface area contributed by atoms with Crippen LogP contribution in [0.2, 0.25) is 0 Å². The molecular weight excluding hydrogens is 648 g/mol. The summed E-state index contributed by atoms with van der Waals surface area (Å²) in [5.41, 5.74) is 0. The molecule has 0 aromatic rings. The van der Waals surface area contributed by atoms with Gasteiger partial charge in [0.05, 0.1) is 0 Å². The number of carbonyl (C=O) groups excluding carboxylic acids is 3. The molecule has 0 unspecified atom stereocenters. The second-order valence-electron chi connectivity index (χ2n) is 16.2. The highest BCUT2D eigenvalue weighted by Gasteiger charge is 2.19. The van der Waals surface area contributed by atoms with Crippen LogP contribution in [0.15, 0.2) is 0 Å². The van der Waals surface area contributed by atoms with Gasteiger partial charge in [0.2, 0.25) is 0 Å². The molecule has 0 saturated heterocycles. The molecule has 0 bridgehead atoms. The lowest BCUT2D eigenvalue weighted by Crippen LogP contribution is -2.30. The third kappa shape index (κ3) is 39.6. The molecule has 0 aromatic carbocycles. The SMILES string of the molecule is CCCCCCCCCCCCCCCCC(=O)OC[C@@H](COC(=O)CCCCCCCCC(C)C)OC(=O)CCCCCCCCCCCCC. The van der Waals surface area contributed by atoms with E-state index in [1.807, 2.05) is 0 Å². The summed E-state index contributed by atoms with van der Waals surface area (Å²) in [5, 5.41) is 0. The summed E-state index contributed by atoms with van der Waals surface area (Å²) in [5.74, 6) is -0.0951. The summed E-state index contributed by atoms with van der Waals surface area (Å²) in [6.07, 6.45) is 39.5. The maximum absolute atomic E-state index is 12.7. The minimum atomic E-state index is -0.759. The van der Waals surface area contributed by atoms with Gasteiger partial charge in [-0.15, -0.1) is 0 Å². The molecule has 52 heavy (non-hydrogen) atoms. The molecule has 0 radical (unpaired) electrons. The molecule has 6 nitrogen and oxygen atoms in total. The van der Waals surface area contributed by atoms with Gasteiger partial charge >= 0.3 is 17.9 Å². The van der Waals surface area contributed by atoms with Gasteiger partial charge in [-0.05, 0) is 25.2 Å². The zero-order chi connectivity index (χ0) is 38.2. The van der Waals surface area contributed by atoms with Crippen molar-refractivity contribution in [3.63, 3.8) is 0 Å². The standard InChI is InChI=1S/C46H88O6/c1-5-7-9-11-13-15-17-18-19-21-22-24-29-33-37-44(47)50-40-43(41-51-45(48)38-34-30-27-26-28-32-36-42(3)4)52-46(49)39-35-31-25-23-20-16-14-12-10-8-6-2/h42-43H,5-41H2,1-4H3/t43-/m0/s1. The summed E-state index contributed by atoms with van der Waals surface area (Å²) < 4.78 is 16.7. The van der Waals surface area contributed by atoms with Crippen molar-refractivity contribution in [1.29, 1.82) is 0 Å². The highest BCUT2D eigenvalue weighted by atomic mass is 16.6. The van der Waals surface area contributed by atoms with E-state index in [-0.39, 0.29) is 31.1 Å². The molecule has 1 atom stereocenters. The molecule has 0 aliphatic rings. The van der Waals surface area contributed by atoms with Crippen LogP contribution in [0.3, 0.4) is 0 Å². The Bertz CT molecular complexity index is 781. The zero-order valence-electron chi connectivity index (χ0n) is 35.3. The Morgan fingerprint density at radius 3 is 0.942 bits per heavy atom. The Balaban J connectivity index is 4.30. The number of esters is 3. The number of unbranched alkanes of at least 4 members (excludes halogenated alkanes) is 28. The van der Waals surface area contributed by atoms with Crippen LogP contribution >= 0.6 is 0 Å². The number of hydrogen-bond donors (Lipinski definition) is 0. The zero-order valence-corrected chi connectivity index (χ0v) is 35.3. The van der Waals surface area contributed by atoms with Crippen LogP contribution in [0, 0.1) is 5.92 Å². The summed E-state index contributed by atoms with van der Waals surface area (Å²) >= 11 is 0. The Kier molecular flexibility index (Phi) is 39.4. The quantitative estimate of drug-likeness (QED) is 0.0353. The van der Waals surface area contributed by atoms with E-state index in [0.29, 0.717) is 19.3 Å². The van der Waals surface area contributed by atoms with E-state index in [0.717, 1.165) is 63.7 Å². The molecule has 0 fully saturated rings. The van der Waals surface area contributed by atoms with E-state index < -0.39 is 6.10 Å². The number of rotatable bonds is 41. The Labute approximate surface area is 323 Å². The fourth-order valence-corrected chi connectivity index (χ4v) is 6.80. The minimum Gasteiger partial charge on any atom is -0.462 e. The number of carbonyl (C=O) groups is 3. The van der Waals surface area contributed by atoms with Crippen molar-refractivity contribution >= 4 is 17.9 Å².